The molecule has 0 spiro atoms. The molecule has 0 saturated carbocycles. The van der Waals surface area contributed by atoms with Crippen molar-refractivity contribution in [3.8, 4) is 12.1 Å². The van der Waals surface area contributed by atoms with E-state index in [4.69, 9.17) is 5.26 Å². The third-order valence-electron chi connectivity index (χ3n) is 4.15. The topological polar surface area (TPSA) is 97.0 Å². The first kappa shape index (κ1) is 18.4. The van der Waals surface area contributed by atoms with Crippen LogP contribution in [0, 0.1) is 28.6 Å². The van der Waals surface area contributed by atoms with Crippen LogP contribution in [0.2, 0.25) is 0 Å². The molecule has 1 aromatic rings. The predicted octanol–water partition coefficient (Wildman–Crippen LogP) is 1.87. The number of benzene rings is 1. The van der Waals surface area contributed by atoms with Gasteiger partial charge < -0.3 is 4.90 Å². The van der Waals surface area contributed by atoms with Crippen molar-refractivity contribution in [1.29, 1.82) is 10.5 Å². The molecule has 7 heteroatoms. The molecule has 1 aliphatic heterocycles. The molecule has 0 amide bonds. The van der Waals surface area contributed by atoms with Gasteiger partial charge >= 0.3 is 0 Å². The van der Waals surface area contributed by atoms with Crippen molar-refractivity contribution in [2.45, 2.75) is 36.6 Å². The van der Waals surface area contributed by atoms with E-state index in [9.17, 15) is 13.7 Å². The van der Waals surface area contributed by atoms with Crippen LogP contribution in [0.4, 0.5) is 0 Å². The summed E-state index contributed by atoms with van der Waals surface area (Å²) in [7, 11) is -3.52. The molecule has 0 aromatic heterocycles. The minimum atomic E-state index is -3.52. The van der Waals surface area contributed by atoms with E-state index < -0.39 is 10.0 Å². The van der Waals surface area contributed by atoms with Gasteiger partial charge in [0, 0.05) is 25.6 Å². The Balaban J connectivity index is 1.94. The Kier molecular flexibility index (Phi) is 6.74. The Labute approximate surface area is 143 Å². The summed E-state index contributed by atoms with van der Waals surface area (Å²) in [4.78, 5) is 2.39. The van der Waals surface area contributed by atoms with Gasteiger partial charge in [-0.15, -0.1) is 0 Å². The molecule has 1 aromatic carbocycles. The Morgan fingerprint density at radius 1 is 1.29 bits per heavy atom. The lowest BCUT2D eigenvalue weighted by Gasteiger charge is -2.33. The monoisotopic (exact) mass is 346 g/mol. The number of nitrogens with zero attached hydrogens (tertiary/aromatic N) is 3. The van der Waals surface area contributed by atoms with E-state index in [0.29, 0.717) is 25.9 Å². The first-order chi connectivity index (χ1) is 11.5. The first-order valence-electron chi connectivity index (χ1n) is 8.11. The number of hydrogen-bond donors (Lipinski definition) is 1. The predicted molar refractivity (Wildman–Crippen MR) is 90.2 cm³/mol. The van der Waals surface area contributed by atoms with Gasteiger partial charge in [-0.3, -0.25) is 0 Å². The molecule has 1 heterocycles. The van der Waals surface area contributed by atoms with Crippen molar-refractivity contribution in [3.05, 3.63) is 30.3 Å². The van der Waals surface area contributed by atoms with Crippen LogP contribution in [0.3, 0.4) is 0 Å². The van der Waals surface area contributed by atoms with Crippen LogP contribution in [0.5, 0.6) is 0 Å². The molecule has 0 radical (unpaired) electrons. The second-order valence-corrected chi connectivity index (χ2v) is 7.77. The van der Waals surface area contributed by atoms with Gasteiger partial charge in [-0.1, -0.05) is 18.2 Å². The fourth-order valence-electron chi connectivity index (χ4n) is 2.95. The molecule has 1 aliphatic rings. The summed E-state index contributed by atoms with van der Waals surface area (Å²) in [6.07, 6.45) is 2.61. The van der Waals surface area contributed by atoms with Crippen molar-refractivity contribution in [3.63, 3.8) is 0 Å². The smallest absolute Gasteiger partial charge is 0.240 e. The molecule has 1 saturated heterocycles. The van der Waals surface area contributed by atoms with E-state index in [0.717, 1.165) is 19.4 Å². The number of rotatable bonds is 7. The van der Waals surface area contributed by atoms with Crippen molar-refractivity contribution in [2.75, 3.05) is 19.6 Å². The summed E-state index contributed by atoms with van der Waals surface area (Å²) < 4.78 is 27.6. The molecule has 128 valence electrons. The minimum Gasteiger partial charge on any atom is -0.300 e. The molecule has 1 N–H and O–H groups in total. The van der Waals surface area contributed by atoms with Gasteiger partial charge in [-0.25, -0.2) is 13.1 Å². The lowest BCUT2D eigenvalue weighted by molar-refractivity contribution is 0.184. The second kappa shape index (κ2) is 8.79. The summed E-state index contributed by atoms with van der Waals surface area (Å²) in [5.74, 6) is -0.186. The summed E-state index contributed by atoms with van der Waals surface area (Å²) >= 11 is 0. The standard InChI is InChI=1S/C17H22N4O2S/c18-10-4-6-15(12-19)13-21-11-5-7-16(14-21)20-24(22,23)17-8-2-1-3-9-17/h1-3,8-9,15-16,20H,4-7,11,13-14H2/t15-,16-/m1/s1. The van der Waals surface area contributed by atoms with E-state index in [1.54, 1.807) is 30.3 Å². The zero-order chi connectivity index (χ0) is 17.4. The number of likely N-dealkylation sites (tertiary alicyclic amines) is 1. The maximum absolute atomic E-state index is 12.4. The van der Waals surface area contributed by atoms with Crippen LogP contribution in [0.25, 0.3) is 0 Å². The molecular weight excluding hydrogens is 324 g/mol. The molecule has 0 bridgehead atoms. The van der Waals surface area contributed by atoms with Crippen molar-refractivity contribution < 1.29 is 8.42 Å². The highest BCUT2D eigenvalue weighted by atomic mass is 32.2. The lowest BCUT2D eigenvalue weighted by Crippen LogP contribution is -2.48. The number of nitriles is 2. The lowest BCUT2D eigenvalue weighted by atomic mass is 10.0. The largest absolute Gasteiger partial charge is 0.300 e. The van der Waals surface area contributed by atoms with Crippen LogP contribution in [0.1, 0.15) is 25.7 Å². The van der Waals surface area contributed by atoms with Gasteiger partial charge in [-0.05, 0) is 37.9 Å². The van der Waals surface area contributed by atoms with Crippen LogP contribution < -0.4 is 4.72 Å². The van der Waals surface area contributed by atoms with E-state index in [1.807, 2.05) is 0 Å². The number of sulfonamides is 1. The van der Waals surface area contributed by atoms with Crippen molar-refractivity contribution in [2.24, 2.45) is 5.92 Å². The highest BCUT2D eigenvalue weighted by Gasteiger charge is 2.26. The van der Waals surface area contributed by atoms with Crippen LogP contribution in [-0.4, -0.2) is 39.0 Å². The SMILES string of the molecule is N#CCC[C@H](C#N)CN1CCC[C@@H](NS(=O)(=O)c2ccccc2)C1. The number of hydrogen-bond acceptors (Lipinski definition) is 5. The summed E-state index contributed by atoms with van der Waals surface area (Å²) in [6, 6.07) is 12.5. The Hall–Kier alpha value is -1.93. The quantitative estimate of drug-likeness (QED) is 0.813. The molecule has 6 nitrogen and oxygen atoms in total. The number of nitrogens with one attached hydrogen (secondary N) is 1. The maximum atomic E-state index is 12.4. The molecule has 0 unspecified atom stereocenters. The van der Waals surface area contributed by atoms with E-state index in [1.165, 1.54) is 0 Å². The van der Waals surface area contributed by atoms with Crippen LogP contribution in [0.15, 0.2) is 35.2 Å². The van der Waals surface area contributed by atoms with Crippen LogP contribution >= 0.6 is 0 Å². The fraction of sp³-hybridized carbons (Fsp3) is 0.529. The van der Waals surface area contributed by atoms with Gasteiger partial charge in [0.05, 0.1) is 23.0 Å². The minimum absolute atomic E-state index is 0.153. The second-order valence-electron chi connectivity index (χ2n) is 6.06. The normalized spacial score (nSPS) is 20.0. The maximum Gasteiger partial charge on any atom is 0.240 e. The molecule has 2 rings (SSSR count). The van der Waals surface area contributed by atoms with E-state index in [2.05, 4.69) is 21.8 Å². The summed E-state index contributed by atoms with van der Waals surface area (Å²) in [6.45, 7) is 2.03. The van der Waals surface area contributed by atoms with Gasteiger partial charge in [-0.2, -0.15) is 10.5 Å². The third-order valence-corrected chi connectivity index (χ3v) is 5.68. The molecular formula is C17H22N4O2S. The van der Waals surface area contributed by atoms with Gasteiger partial charge in [0.2, 0.25) is 10.0 Å². The highest BCUT2D eigenvalue weighted by molar-refractivity contribution is 7.89. The van der Waals surface area contributed by atoms with Crippen LogP contribution in [-0.2, 0) is 10.0 Å². The average molecular weight is 346 g/mol. The summed E-state index contributed by atoms with van der Waals surface area (Å²) in [5, 5.41) is 17.8. The van der Waals surface area contributed by atoms with Gasteiger partial charge in [0.1, 0.15) is 0 Å². The Morgan fingerprint density at radius 3 is 2.71 bits per heavy atom. The fourth-order valence-corrected chi connectivity index (χ4v) is 4.23. The van der Waals surface area contributed by atoms with E-state index >= 15 is 0 Å². The number of piperidine rings is 1. The third kappa shape index (κ3) is 5.31. The average Bonchev–Trinajstić information content (AvgIpc) is 2.59. The van der Waals surface area contributed by atoms with Gasteiger partial charge in [0.15, 0.2) is 0 Å². The van der Waals surface area contributed by atoms with E-state index in [-0.39, 0.29) is 16.9 Å². The highest BCUT2D eigenvalue weighted by Crippen LogP contribution is 2.17. The molecule has 24 heavy (non-hydrogen) atoms. The Morgan fingerprint density at radius 2 is 2.04 bits per heavy atom. The Bertz CT molecular complexity index is 706. The van der Waals surface area contributed by atoms with Crippen molar-refractivity contribution in [1.82, 2.24) is 9.62 Å². The first-order valence-corrected chi connectivity index (χ1v) is 9.60. The molecule has 1 fully saturated rings. The summed E-state index contributed by atoms with van der Waals surface area (Å²) in [5.41, 5.74) is 0. The van der Waals surface area contributed by atoms with Gasteiger partial charge in [0.25, 0.3) is 0 Å². The zero-order valence-electron chi connectivity index (χ0n) is 13.6. The molecule has 0 aliphatic carbocycles. The zero-order valence-corrected chi connectivity index (χ0v) is 14.4. The van der Waals surface area contributed by atoms with Crippen molar-refractivity contribution >= 4 is 10.0 Å². The molecule has 2 atom stereocenters.